The van der Waals surface area contributed by atoms with Crippen molar-refractivity contribution in [2.75, 3.05) is 22.3 Å². The quantitative estimate of drug-likeness (QED) is 0.595. The summed E-state index contributed by atoms with van der Waals surface area (Å²) in [7, 11) is -3.92. The number of sulfonamides is 1. The molecule has 1 amide bonds. The van der Waals surface area contributed by atoms with Crippen molar-refractivity contribution in [1.82, 2.24) is 0 Å². The molecule has 0 unspecified atom stereocenters. The van der Waals surface area contributed by atoms with Gasteiger partial charge in [0.15, 0.2) is 0 Å². The predicted octanol–water partition coefficient (Wildman–Crippen LogP) is 4.48. The van der Waals surface area contributed by atoms with E-state index in [-0.39, 0.29) is 17.3 Å². The fourth-order valence-corrected chi connectivity index (χ4v) is 5.52. The summed E-state index contributed by atoms with van der Waals surface area (Å²) in [6, 6.07) is 21.6. The van der Waals surface area contributed by atoms with Gasteiger partial charge in [0.25, 0.3) is 10.0 Å². The highest BCUT2D eigenvalue weighted by atomic mass is 32.2. The molecule has 1 aliphatic rings. The highest BCUT2D eigenvalue weighted by molar-refractivity contribution is 7.92. The molecule has 5 nitrogen and oxygen atoms in total. The van der Waals surface area contributed by atoms with E-state index in [4.69, 9.17) is 0 Å². The second-order valence-corrected chi connectivity index (χ2v) is 9.68. The van der Waals surface area contributed by atoms with Crippen LogP contribution >= 0.6 is 0 Å². The van der Waals surface area contributed by atoms with Crippen LogP contribution in [0.4, 0.5) is 11.4 Å². The molecule has 0 N–H and O–H groups in total. The lowest BCUT2D eigenvalue weighted by molar-refractivity contribution is -0.117. The van der Waals surface area contributed by atoms with Gasteiger partial charge in [-0.2, -0.15) is 0 Å². The summed E-state index contributed by atoms with van der Waals surface area (Å²) in [6.45, 7) is 4.16. The molecule has 160 valence electrons. The number of nitrogens with zero attached hydrogens (tertiary/aromatic N) is 2. The van der Waals surface area contributed by atoms with Crippen LogP contribution in [0, 0.1) is 13.8 Å². The van der Waals surface area contributed by atoms with Gasteiger partial charge in [0.1, 0.15) is 6.54 Å². The normalized spacial score (nSPS) is 13.5. The maximum atomic E-state index is 13.6. The minimum Gasteiger partial charge on any atom is -0.311 e. The number of fused-ring (bicyclic) bond motifs is 1. The van der Waals surface area contributed by atoms with Gasteiger partial charge in [0.2, 0.25) is 5.91 Å². The third kappa shape index (κ3) is 4.08. The van der Waals surface area contributed by atoms with Crippen LogP contribution in [0.5, 0.6) is 0 Å². The van der Waals surface area contributed by atoms with E-state index < -0.39 is 10.0 Å². The maximum Gasteiger partial charge on any atom is 0.264 e. The van der Waals surface area contributed by atoms with Gasteiger partial charge in [-0.05, 0) is 67.6 Å². The molecule has 0 aliphatic carbocycles. The summed E-state index contributed by atoms with van der Waals surface area (Å²) >= 11 is 0. The summed E-state index contributed by atoms with van der Waals surface area (Å²) in [4.78, 5) is 15.3. The fourth-order valence-electron chi connectivity index (χ4n) is 4.03. The van der Waals surface area contributed by atoms with Gasteiger partial charge in [-0.25, -0.2) is 8.42 Å². The Morgan fingerprint density at radius 1 is 0.935 bits per heavy atom. The van der Waals surface area contributed by atoms with Crippen LogP contribution < -0.4 is 9.21 Å². The molecule has 0 fully saturated rings. The largest absolute Gasteiger partial charge is 0.311 e. The van der Waals surface area contributed by atoms with E-state index in [0.717, 1.165) is 35.2 Å². The molecule has 3 aromatic rings. The Bertz CT molecular complexity index is 1210. The number of amides is 1. The molecular weight excluding hydrogens is 408 g/mol. The van der Waals surface area contributed by atoms with Crippen LogP contribution in [-0.2, 0) is 21.2 Å². The number of carbonyl (C=O) groups excluding carboxylic acids is 1. The number of aryl methyl sites for hydroxylation is 2. The average Bonchev–Trinajstić information content (AvgIpc) is 2.79. The third-order valence-corrected chi connectivity index (χ3v) is 7.64. The number of hydrogen-bond acceptors (Lipinski definition) is 3. The Morgan fingerprint density at radius 2 is 1.65 bits per heavy atom. The lowest BCUT2D eigenvalue weighted by atomic mass is 10.0. The summed E-state index contributed by atoms with van der Waals surface area (Å²) in [6.07, 6.45) is 1.78. The molecule has 3 aromatic carbocycles. The van der Waals surface area contributed by atoms with Crippen molar-refractivity contribution in [2.45, 2.75) is 31.6 Å². The van der Waals surface area contributed by atoms with Crippen molar-refractivity contribution in [3.05, 3.63) is 89.5 Å². The molecule has 31 heavy (non-hydrogen) atoms. The maximum absolute atomic E-state index is 13.6. The molecule has 1 heterocycles. The summed E-state index contributed by atoms with van der Waals surface area (Å²) in [5, 5.41) is 0. The Balaban J connectivity index is 1.76. The molecule has 4 rings (SSSR count). The smallest absolute Gasteiger partial charge is 0.264 e. The Labute approximate surface area is 184 Å². The fraction of sp³-hybridized carbons (Fsp3) is 0.240. The van der Waals surface area contributed by atoms with Gasteiger partial charge in [-0.3, -0.25) is 9.10 Å². The van der Waals surface area contributed by atoms with Crippen LogP contribution in [0.15, 0.2) is 77.7 Å². The van der Waals surface area contributed by atoms with Gasteiger partial charge in [-0.1, -0.05) is 48.5 Å². The van der Waals surface area contributed by atoms with Gasteiger partial charge >= 0.3 is 0 Å². The van der Waals surface area contributed by atoms with Gasteiger partial charge in [0, 0.05) is 12.2 Å². The summed E-state index contributed by atoms with van der Waals surface area (Å²) in [5.41, 5.74) is 4.33. The van der Waals surface area contributed by atoms with E-state index in [2.05, 4.69) is 0 Å². The van der Waals surface area contributed by atoms with E-state index in [1.165, 1.54) is 4.31 Å². The molecule has 6 heteroatoms. The van der Waals surface area contributed by atoms with E-state index in [1.54, 1.807) is 41.3 Å². The van der Waals surface area contributed by atoms with E-state index in [9.17, 15) is 13.2 Å². The zero-order valence-corrected chi connectivity index (χ0v) is 18.6. The molecule has 0 radical (unpaired) electrons. The van der Waals surface area contributed by atoms with Crippen molar-refractivity contribution in [1.29, 1.82) is 0 Å². The number of carbonyl (C=O) groups is 1. The zero-order valence-electron chi connectivity index (χ0n) is 17.8. The molecule has 0 atom stereocenters. The SMILES string of the molecule is Cc1cccc(N(CC(=O)N2CCCc3ccccc32)S(=O)(=O)c2ccccc2)c1C. The van der Waals surface area contributed by atoms with Crippen LogP contribution in [0.1, 0.15) is 23.1 Å². The Hall–Kier alpha value is -3.12. The van der Waals surface area contributed by atoms with Crippen LogP contribution in [0.2, 0.25) is 0 Å². The van der Waals surface area contributed by atoms with E-state index in [0.29, 0.717) is 12.2 Å². The monoisotopic (exact) mass is 434 g/mol. The first-order valence-corrected chi connectivity index (χ1v) is 11.9. The number of benzene rings is 3. The summed E-state index contributed by atoms with van der Waals surface area (Å²) in [5.74, 6) is -0.229. The first-order chi connectivity index (χ1) is 14.9. The molecule has 0 saturated heterocycles. The molecule has 0 spiro atoms. The molecular formula is C25H26N2O3S. The van der Waals surface area contributed by atoms with Crippen molar-refractivity contribution >= 4 is 27.3 Å². The van der Waals surface area contributed by atoms with Crippen molar-refractivity contribution in [3.63, 3.8) is 0 Å². The average molecular weight is 435 g/mol. The Morgan fingerprint density at radius 3 is 2.42 bits per heavy atom. The Kier molecular flexibility index (Phi) is 5.83. The lowest BCUT2D eigenvalue weighted by Gasteiger charge is -2.32. The second-order valence-electron chi connectivity index (χ2n) is 7.82. The van der Waals surface area contributed by atoms with E-state index >= 15 is 0 Å². The van der Waals surface area contributed by atoms with Crippen molar-refractivity contribution in [2.24, 2.45) is 0 Å². The van der Waals surface area contributed by atoms with E-state index in [1.807, 2.05) is 50.2 Å². The van der Waals surface area contributed by atoms with Gasteiger partial charge in [-0.15, -0.1) is 0 Å². The van der Waals surface area contributed by atoms with Gasteiger partial charge in [0.05, 0.1) is 10.6 Å². The molecule has 1 aliphatic heterocycles. The standard InChI is InChI=1S/C25H26N2O3S/c1-19-10-8-16-23(20(19)2)27(31(29,30)22-13-4-3-5-14-22)18-25(28)26-17-9-12-21-11-6-7-15-24(21)26/h3-8,10-11,13-16H,9,12,17-18H2,1-2H3. The number of hydrogen-bond donors (Lipinski definition) is 0. The number of para-hydroxylation sites is 1. The van der Waals surface area contributed by atoms with Crippen molar-refractivity contribution in [3.8, 4) is 0 Å². The second kappa shape index (κ2) is 8.55. The van der Waals surface area contributed by atoms with Crippen LogP contribution in [0.25, 0.3) is 0 Å². The number of anilines is 2. The lowest BCUT2D eigenvalue weighted by Crippen LogP contribution is -2.45. The highest BCUT2D eigenvalue weighted by Gasteiger charge is 2.31. The molecule has 0 bridgehead atoms. The first kappa shape index (κ1) is 21.1. The minimum atomic E-state index is -3.92. The van der Waals surface area contributed by atoms with Gasteiger partial charge < -0.3 is 4.90 Å². The predicted molar refractivity (Wildman–Crippen MR) is 124 cm³/mol. The van der Waals surface area contributed by atoms with Crippen molar-refractivity contribution < 1.29 is 13.2 Å². The first-order valence-electron chi connectivity index (χ1n) is 10.4. The van der Waals surface area contributed by atoms with Crippen LogP contribution in [-0.4, -0.2) is 27.4 Å². The zero-order chi connectivity index (χ0) is 22.0. The van der Waals surface area contributed by atoms with Crippen LogP contribution in [0.3, 0.4) is 0 Å². The third-order valence-electron chi connectivity index (χ3n) is 5.87. The molecule has 0 saturated carbocycles. The molecule has 0 aromatic heterocycles. The summed E-state index contributed by atoms with van der Waals surface area (Å²) < 4.78 is 28.5. The minimum absolute atomic E-state index is 0.169. The topological polar surface area (TPSA) is 57.7 Å². The highest BCUT2D eigenvalue weighted by Crippen LogP contribution is 2.31. The number of rotatable bonds is 5.